The van der Waals surface area contributed by atoms with Gasteiger partial charge in [0.25, 0.3) is 0 Å². The summed E-state index contributed by atoms with van der Waals surface area (Å²) in [6, 6.07) is 11.1. The molecule has 0 aliphatic heterocycles. The van der Waals surface area contributed by atoms with Crippen LogP contribution in [0.15, 0.2) is 42.5 Å². The van der Waals surface area contributed by atoms with Gasteiger partial charge in [0.15, 0.2) is 11.5 Å². The monoisotopic (exact) mass is 342 g/mol. The van der Waals surface area contributed by atoms with Crippen molar-refractivity contribution in [2.24, 2.45) is 0 Å². The number of carbonyl (C=O) groups excluding carboxylic acids is 1. The quantitative estimate of drug-likeness (QED) is 0.566. The SMILES string of the molecule is COc1ccc(C)cc1COC(=O)/C=C/c1ccc(OC)c(OC)c1. The molecular weight excluding hydrogens is 320 g/mol. The van der Waals surface area contributed by atoms with Crippen molar-refractivity contribution in [3.05, 3.63) is 59.2 Å². The number of methoxy groups -OCH3 is 3. The molecule has 0 saturated carbocycles. The van der Waals surface area contributed by atoms with E-state index in [4.69, 9.17) is 18.9 Å². The van der Waals surface area contributed by atoms with E-state index in [1.165, 1.54) is 6.08 Å². The van der Waals surface area contributed by atoms with Crippen molar-refractivity contribution in [3.63, 3.8) is 0 Å². The Balaban J connectivity index is 2.01. The highest BCUT2D eigenvalue weighted by Crippen LogP contribution is 2.28. The predicted molar refractivity (Wildman–Crippen MR) is 96.1 cm³/mol. The van der Waals surface area contributed by atoms with Crippen LogP contribution in [-0.2, 0) is 16.1 Å². The Morgan fingerprint density at radius 2 is 1.60 bits per heavy atom. The highest BCUT2D eigenvalue weighted by atomic mass is 16.5. The van der Waals surface area contributed by atoms with Gasteiger partial charge in [-0.2, -0.15) is 0 Å². The number of rotatable bonds is 7. The summed E-state index contributed by atoms with van der Waals surface area (Å²) in [7, 11) is 4.73. The van der Waals surface area contributed by atoms with Crippen LogP contribution in [0.3, 0.4) is 0 Å². The number of aryl methyl sites for hydroxylation is 1. The zero-order chi connectivity index (χ0) is 18.2. The van der Waals surface area contributed by atoms with Gasteiger partial charge in [0, 0.05) is 11.6 Å². The fraction of sp³-hybridized carbons (Fsp3) is 0.250. The van der Waals surface area contributed by atoms with Crippen molar-refractivity contribution >= 4 is 12.0 Å². The summed E-state index contributed by atoms with van der Waals surface area (Å²) in [4.78, 5) is 11.9. The molecule has 0 saturated heterocycles. The van der Waals surface area contributed by atoms with E-state index in [0.29, 0.717) is 17.2 Å². The molecule has 0 fully saturated rings. The second-order valence-electron chi connectivity index (χ2n) is 5.37. The van der Waals surface area contributed by atoms with E-state index in [9.17, 15) is 4.79 Å². The lowest BCUT2D eigenvalue weighted by Gasteiger charge is -2.09. The minimum Gasteiger partial charge on any atom is -0.496 e. The fourth-order valence-corrected chi connectivity index (χ4v) is 2.34. The van der Waals surface area contributed by atoms with Crippen molar-refractivity contribution < 1.29 is 23.7 Å². The average molecular weight is 342 g/mol. The van der Waals surface area contributed by atoms with E-state index < -0.39 is 5.97 Å². The molecule has 0 spiro atoms. The number of benzene rings is 2. The minimum atomic E-state index is -0.432. The summed E-state index contributed by atoms with van der Waals surface area (Å²) >= 11 is 0. The predicted octanol–water partition coefficient (Wildman–Crippen LogP) is 3.78. The molecule has 5 heteroatoms. The standard InChI is InChI=1S/C20H22O5/c1-14-5-8-17(22-2)16(11-14)13-25-20(21)10-7-15-6-9-18(23-3)19(12-15)24-4/h5-12H,13H2,1-4H3/b10-7+. The molecule has 2 aromatic carbocycles. The van der Waals surface area contributed by atoms with Crippen LogP contribution in [0.4, 0.5) is 0 Å². The average Bonchev–Trinajstić information content (AvgIpc) is 2.64. The molecule has 0 aliphatic rings. The summed E-state index contributed by atoms with van der Waals surface area (Å²) in [6.45, 7) is 2.13. The van der Waals surface area contributed by atoms with Crippen molar-refractivity contribution in [2.45, 2.75) is 13.5 Å². The van der Waals surface area contributed by atoms with E-state index in [2.05, 4.69) is 0 Å². The fourth-order valence-electron chi connectivity index (χ4n) is 2.34. The van der Waals surface area contributed by atoms with Crippen LogP contribution in [0, 0.1) is 6.92 Å². The molecule has 0 heterocycles. The van der Waals surface area contributed by atoms with Gasteiger partial charge in [-0.3, -0.25) is 0 Å². The topological polar surface area (TPSA) is 54.0 Å². The third kappa shape index (κ3) is 5.01. The van der Waals surface area contributed by atoms with Crippen LogP contribution in [0.25, 0.3) is 6.08 Å². The van der Waals surface area contributed by atoms with Gasteiger partial charge in [-0.25, -0.2) is 4.79 Å². The first-order valence-electron chi connectivity index (χ1n) is 7.77. The van der Waals surface area contributed by atoms with Crippen molar-refractivity contribution in [2.75, 3.05) is 21.3 Å². The summed E-state index contributed by atoms with van der Waals surface area (Å²) in [5.41, 5.74) is 2.71. The molecule has 0 amide bonds. The molecule has 132 valence electrons. The Kier molecular flexibility index (Phi) is 6.46. The van der Waals surface area contributed by atoms with Gasteiger partial charge in [-0.1, -0.05) is 17.7 Å². The number of carbonyl (C=O) groups is 1. The van der Waals surface area contributed by atoms with Gasteiger partial charge in [0.2, 0.25) is 0 Å². The molecule has 0 radical (unpaired) electrons. The lowest BCUT2D eigenvalue weighted by atomic mass is 10.1. The first-order valence-corrected chi connectivity index (χ1v) is 7.77. The maximum absolute atomic E-state index is 11.9. The summed E-state index contributed by atoms with van der Waals surface area (Å²) < 4.78 is 21.0. The van der Waals surface area contributed by atoms with E-state index in [1.807, 2.05) is 31.2 Å². The van der Waals surface area contributed by atoms with Crippen LogP contribution in [-0.4, -0.2) is 27.3 Å². The Morgan fingerprint density at radius 1 is 0.920 bits per heavy atom. The van der Waals surface area contributed by atoms with Gasteiger partial charge in [-0.05, 0) is 42.8 Å². The summed E-state index contributed by atoms with van der Waals surface area (Å²) in [6.07, 6.45) is 3.04. The molecule has 5 nitrogen and oxygen atoms in total. The molecule has 0 atom stereocenters. The maximum atomic E-state index is 11.9. The van der Waals surface area contributed by atoms with E-state index in [-0.39, 0.29) is 6.61 Å². The molecule has 0 bridgehead atoms. The first kappa shape index (κ1) is 18.4. The number of esters is 1. The first-order chi connectivity index (χ1) is 12.1. The van der Waals surface area contributed by atoms with Gasteiger partial charge >= 0.3 is 5.97 Å². The highest BCUT2D eigenvalue weighted by molar-refractivity contribution is 5.87. The lowest BCUT2D eigenvalue weighted by molar-refractivity contribution is -0.138. The van der Waals surface area contributed by atoms with Gasteiger partial charge in [0.1, 0.15) is 12.4 Å². The van der Waals surface area contributed by atoms with E-state index in [1.54, 1.807) is 39.5 Å². The lowest BCUT2D eigenvalue weighted by Crippen LogP contribution is -2.02. The molecule has 0 unspecified atom stereocenters. The smallest absolute Gasteiger partial charge is 0.331 e. The highest BCUT2D eigenvalue weighted by Gasteiger charge is 2.07. The summed E-state index contributed by atoms with van der Waals surface area (Å²) in [5.74, 6) is 1.50. The molecule has 0 aliphatic carbocycles. The normalized spacial score (nSPS) is 10.6. The zero-order valence-corrected chi connectivity index (χ0v) is 14.9. The Labute approximate surface area is 147 Å². The van der Waals surface area contributed by atoms with Crippen LogP contribution in [0.5, 0.6) is 17.2 Å². The molecule has 0 N–H and O–H groups in total. The third-order valence-corrected chi connectivity index (χ3v) is 3.63. The van der Waals surface area contributed by atoms with Crippen molar-refractivity contribution in [1.82, 2.24) is 0 Å². The van der Waals surface area contributed by atoms with Crippen LogP contribution in [0.2, 0.25) is 0 Å². The van der Waals surface area contributed by atoms with E-state index in [0.717, 1.165) is 16.7 Å². The molecule has 0 aromatic heterocycles. The van der Waals surface area contributed by atoms with Crippen molar-refractivity contribution in [1.29, 1.82) is 0 Å². The van der Waals surface area contributed by atoms with Crippen LogP contribution >= 0.6 is 0 Å². The number of ether oxygens (including phenoxy) is 4. The zero-order valence-electron chi connectivity index (χ0n) is 14.9. The van der Waals surface area contributed by atoms with Crippen molar-refractivity contribution in [3.8, 4) is 17.2 Å². The molecular formula is C20H22O5. The van der Waals surface area contributed by atoms with Gasteiger partial charge in [-0.15, -0.1) is 0 Å². The van der Waals surface area contributed by atoms with Crippen LogP contribution in [0.1, 0.15) is 16.7 Å². The molecule has 2 rings (SSSR count). The molecule has 2 aromatic rings. The minimum absolute atomic E-state index is 0.153. The van der Waals surface area contributed by atoms with E-state index >= 15 is 0 Å². The van der Waals surface area contributed by atoms with Gasteiger partial charge in [0.05, 0.1) is 21.3 Å². The third-order valence-electron chi connectivity index (χ3n) is 3.63. The number of hydrogen-bond acceptors (Lipinski definition) is 5. The summed E-state index contributed by atoms with van der Waals surface area (Å²) in [5, 5.41) is 0. The largest absolute Gasteiger partial charge is 0.496 e. The Morgan fingerprint density at radius 3 is 2.28 bits per heavy atom. The van der Waals surface area contributed by atoms with Gasteiger partial charge < -0.3 is 18.9 Å². The second kappa shape index (κ2) is 8.78. The Bertz CT molecular complexity index is 765. The van der Waals surface area contributed by atoms with Crippen LogP contribution < -0.4 is 14.2 Å². The number of hydrogen-bond donors (Lipinski definition) is 0. The maximum Gasteiger partial charge on any atom is 0.331 e. The molecule has 25 heavy (non-hydrogen) atoms. The Hall–Kier alpha value is -2.95. The second-order valence-corrected chi connectivity index (χ2v) is 5.37.